The molecule has 34 heavy (non-hydrogen) atoms. The summed E-state index contributed by atoms with van der Waals surface area (Å²) in [6.07, 6.45) is 6.89. The van der Waals surface area contributed by atoms with E-state index < -0.39 is 0 Å². The number of aliphatic imine (C=N–C) groups is 1. The third kappa shape index (κ3) is 7.35. The van der Waals surface area contributed by atoms with Gasteiger partial charge in [0.05, 0.1) is 18.9 Å². The molecule has 4 rings (SSSR count). The van der Waals surface area contributed by atoms with Crippen molar-refractivity contribution in [2.75, 3.05) is 26.5 Å². The highest BCUT2D eigenvalue weighted by Crippen LogP contribution is 2.36. The van der Waals surface area contributed by atoms with E-state index in [9.17, 15) is 4.79 Å². The van der Waals surface area contributed by atoms with Gasteiger partial charge in [0.15, 0.2) is 17.3 Å². The molecule has 1 unspecified atom stereocenters. The maximum absolute atomic E-state index is 12.2. The molecule has 0 amide bonds. The number of nitrogens with one attached hydrogen (secondary N) is 1. The van der Waals surface area contributed by atoms with Gasteiger partial charge in [-0.3, -0.25) is 9.79 Å². The molecule has 1 atom stereocenters. The smallest absolute Gasteiger partial charge is 0.306 e. The molecule has 1 aromatic heterocycles. The SMILES string of the molecule is CCOC(=O)CC(Cc1nc(CCCCNC2=NCCCC2)no1)c1ccc2c(c1)OCO2.Cl. The van der Waals surface area contributed by atoms with E-state index in [1.165, 1.54) is 12.8 Å². The number of esters is 1. The number of fused-ring (bicyclic) bond motifs is 1. The molecule has 0 saturated carbocycles. The summed E-state index contributed by atoms with van der Waals surface area (Å²) < 4.78 is 21.6. The Bertz CT molecular complexity index is 965. The van der Waals surface area contributed by atoms with Crippen LogP contribution in [0.4, 0.5) is 0 Å². The van der Waals surface area contributed by atoms with E-state index in [4.69, 9.17) is 18.7 Å². The van der Waals surface area contributed by atoms with Gasteiger partial charge in [0.2, 0.25) is 12.7 Å². The summed E-state index contributed by atoms with van der Waals surface area (Å²) in [5, 5.41) is 7.56. The minimum Gasteiger partial charge on any atom is -0.466 e. The second-order valence-electron chi connectivity index (χ2n) is 8.30. The summed E-state index contributed by atoms with van der Waals surface area (Å²) in [6.45, 7) is 4.21. The number of hydrogen-bond donors (Lipinski definition) is 1. The largest absolute Gasteiger partial charge is 0.466 e. The molecule has 0 fully saturated rings. The number of aryl methyl sites for hydroxylation is 1. The van der Waals surface area contributed by atoms with E-state index in [1.807, 2.05) is 18.2 Å². The molecule has 2 aliphatic heterocycles. The summed E-state index contributed by atoms with van der Waals surface area (Å²) in [4.78, 5) is 21.3. The molecular formula is C24H33ClN4O5. The first-order chi connectivity index (χ1) is 16.2. The number of carbonyl (C=O) groups is 1. The van der Waals surface area contributed by atoms with E-state index >= 15 is 0 Å². The van der Waals surface area contributed by atoms with Crippen LogP contribution >= 0.6 is 12.4 Å². The predicted octanol–water partition coefficient (Wildman–Crippen LogP) is 3.99. The van der Waals surface area contributed by atoms with Crippen LogP contribution in [0.5, 0.6) is 11.5 Å². The van der Waals surface area contributed by atoms with Gasteiger partial charge in [-0.2, -0.15) is 4.98 Å². The summed E-state index contributed by atoms with van der Waals surface area (Å²) in [5.41, 5.74) is 0.948. The first-order valence-corrected chi connectivity index (χ1v) is 11.8. The molecule has 0 saturated heterocycles. The molecule has 0 radical (unpaired) electrons. The number of ether oxygens (including phenoxy) is 3. The van der Waals surface area contributed by atoms with Crippen molar-refractivity contribution in [3.8, 4) is 11.5 Å². The molecule has 1 aromatic carbocycles. The van der Waals surface area contributed by atoms with E-state index in [-0.39, 0.29) is 37.5 Å². The highest BCUT2D eigenvalue weighted by atomic mass is 35.5. The molecule has 2 aliphatic rings. The van der Waals surface area contributed by atoms with Crippen LogP contribution in [0.3, 0.4) is 0 Å². The van der Waals surface area contributed by atoms with Crippen LogP contribution in [0.2, 0.25) is 0 Å². The van der Waals surface area contributed by atoms with Crippen molar-refractivity contribution in [2.24, 2.45) is 4.99 Å². The number of nitrogens with zero attached hydrogens (tertiary/aromatic N) is 3. The summed E-state index contributed by atoms with van der Waals surface area (Å²) in [7, 11) is 0. The van der Waals surface area contributed by atoms with Gasteiger partial charge in [-0.15, -0.1) is 12.4 Å². The average molecular weight is 493 g/mol. The number of aromatic nitrogens is 2. The Morgan fingerprint density at radius 2 is 2.09 bits per heavy atom. The third-order valence-corrected chi connectivity index (χ3v) is 5.80. The Morgan fingerprint density at radius 1 is 1.21 bits per heavy atom. The van der Waals surface area contributed by atoms with E-state index in [0.29, 0.717) is 36.2 Å². The van der Waals surface area contributed by atoms with Crippen LogP contribution < -0.4 is 14.8 Å². The predicted molar refractivity (Wildman–Crippen MR) is 129 cm³/mol. The molecule has 3 heterocycles. The van der Waals surface area contributed by atoms with Crippen LogP contribution in [-0.4, -0.2) is 48.4 Å². The Labute approximate surface area is 206 Å². The Hall–Kier alpha value is -2.81. The quantitative estimate of drug-likeness (QED) is 0.370. The standard InChI is InChI=1S/C24H32N4O5.ClH/c1-2-30-24(29)15-18(17-9-10-19-20(13-17)32-16-31-19)14-23-27-22(28-33-23)8-4-6-12-26-21-7-3-5-11-25-21;/h9-10,13,18H,2-8,11-12,14-16H2,1H3,(H,25,26);1H. The number of benzene rings is 1. The third-order valence-electron chi connectivity index (χ3n) is 5.80. The van der Waals surface area contributed by atoms with Gasteiger partial charge in [0, 0.05) is 38.3 Å². The van der Waals surface area contributed by atoms with Crippen molar-refractivity contribution in [2.45, 2.75) is 64.2 Å². The highest BCUT2D eigenvalue weighted by molar-refractivity contribution is 5.85. The fourth-order valence-corrected chi connectivity index (χ4v) is 4.06. The zero-order valence-electron chi connectivity index (χ0n) is 19.6. The number of unbranched alkanes of at least 4 members (excludes halogenated alkanes) is 1. The number of amidine groups is 1. The lowest BCUT2D eigenvalue weighted by atomic mass is 9.92. The van der Waals surface area contributed by atoms with Crippen LogP contribution in [0.1, 0.15) is 68.6 Å². The average Bonchev–Trinajstić information content (AvgIpc) is 3.48. The summed E-state index contributed by atoms with van der Waals surface area (Å²) >= 11 is 0. The number of hydrogen-bond acceptors (Lipinski definition) is 9. The molecule has 0 spiro atoms. The number of carbonyl (C=O) groups excluding carboxylic acids is 1. The highest BCUT2D eigenvalue weighted by Gasteiger charge is 2.23. The van der Waals surface area contributed by atoms with Crippen molar-refractivity contribution >= 4 is 24.2 Å². The van der Waals surface area contributed by atoms with Gasteiger partial charge in [-0.05, 0) is 50.3 Å². The van der Waals surface area contributed by atoms with Crippen LogP contribution in [-0.2, 0) is 22.4 Å². The fraction of sp³-hybridized carbons (Fsp3) is 0.583. The molecule has 10 heteroatoms. The van der Waals surface area contributed by atoms with Gasteiger partial charge in [-0.25, -0.2) is 0 Å². The molecule has 2 aromatic rings. The zero-order valence-corrected chi connectivity index (χ0v) is 20.4. The molecule has 186 valence electrons. The zero-order chi connectivity index (χ0) is 22.9. The molecule has 0 aliphatic carbocycles. The maximum Gasteiger partial charge on any atom is 0.306 e. The van der Waals surface area contributed by atoms with Crippen molar-refractivity contribution in [3.05, 3.63) is 35.5 Å². The van der Waals surface area contributed by atoms with Crippen molar-refractivity contribution < 1.29 is 23.5 Å². The normalized spacial score (nSPS) is 15.3. The van der Waals surface area contributed by atoms with Crippen molar-refractivity contribution in [3.63, 3.8) is 0 Å². The topological polar surface area (TPSA) is 108 Å². The Morgan fingerprint density at radius 3 is 2.91 bits per heavy atom. The van der Waals surface area contributed by atoms with E-state index in [0.717, 1.165) is 50.2 Å². The summed E-state index contributed by atoms with van der Waals surface area (Å²) in [5.74, 6) is 3.33. The van der Waals surface area contributed by atoms with Crippen molar-refractivity contribution in [1.82, 2.24) is 15.5 Å². The van der Waals surface area contributed by atoms with Gasteiger partial charge in [0.25, 0.3) is 0 Å². The van der Waals surface area contributed by atoms with E-state index in [2.05, 4.69) is 20.4 Å². The first-order valence-electron chi connectivity index (χ1n) is 11.8. The monoisotopic (exact) mass is 492 g/mol. The second kappa shape index (κ2) is 13.2. The lowest BCUT2D eigenvalue weighted by Gasteiger charge is -2.15. The number of halogens is 1. The molecule has 1 N–H and O–H groups in total. The lowest BCUT2D eigenvalue weighted by molar-refractivity contribution is -0.143. The van der Waals surface area contributed by atoms with Gasteiger partial charge in [-0.1, -0.05) is 11.2 Å². The van der Waals surface area contributed by atoms with Gasteiger partial charge < -0.3 is 24.1 Å². The first kappa shape index (κ1) is 25.8. The van der Waals surface area contributed by atoms with Gasteiger partial charge in [0.1, 0.15) is 0 Å². The van der Waals surface area contributed by atoms with E-state index in [1.54, 1.807) is 6.92 Å². The lowest BCUT2D eigenvalue weighted by Crippen LogP contribution is -2.26. The minimum atomic E-state index is -0.255. The van der Waals surface area contributed by atoms with Crippen LogP contribution in [0.15, 0.2) is 27.7 Å². The van der Waals surface area contributed by atoms with Crippen molar-refractivity contribution in [1.29, 1.82) is 0 Å². The number of rotatable bonds is 11. The molecule has 9 nitrogen and oxygen atoms in total. The molecule has 0 bridgehead atoms. The Kier molecular flexibility index (Phi) is 10.00. The summed E-state index contributed by atoms with van der Waals surface area (Å²) in [6, 6.07) is 5.72. The second-order valence-corrected chi connectivity index (χ2v) is 8.30. The molecular weight excluding hydrogens is 460 g/mol. The van der Waals surface area contributed by atoms with Gasteiger partial charge >= 0.3 is 5.97 Å². The van der Waals surface area contributed by atoms with Crippen LogP contribution in [0.25, 0.3) is 0 Å². The van der Waals surface area contributed by atoms with Crippen LogP contribution in [0, 0.1) is 0 Å². The Balaban J connectivity index is 0.00000324. The minimum absolute atomic E-state index is 0. The maximum atomic E-state index is 12.2. The fourth-order valence-electron chi connectivity index (χ4n) is 4.06.